The van der Waals surface area contributed by atoms with Gasteiger partial charge in [-0.1, -0.05) is 6.07 Å². The van der Waals surface area contributed by atoms with Gasteiger partial charge in [0.2, 0.25) is 5.91 Å². The molecule has 0 spiro atoms. The fourth-order valence-corrected chi connectivity index (χ4v) is 2.20. The highest BCUT2D eigenvalue weighted by Crippen LogP contribution is 2.18. The van der Waals surface area contributed by atoms with Crippen molar-refractivity contribution in [3.05, 3.63) is 23.9 Å². The second-order valence-corrected chi connectivity index (χ2v) is 4.94. The number of nitrogens with one attached hydrogen (secondary N) is 2. The second-order valence-electron chi connectivity index (χ2n) is 4.94. The number of nitrogens with zero attached hydrogens (tertiary/aromatic N) is 1. The summed E-state index contributed by atoms with van der Waals surface area (Å²) in [7, 11) is 0. The first-order valence-corrected chi connectivity index (χ1v) is 7.00. The number of carbonyl (C=O) groups excluding carboxylic acids is 1. The molecule has 0 aliphatic carbocycles. The van der Waals surface area contributed by atoms with Crippen LogP contribution in [0.25, 0.3) is 0 Å². The van der Waals surface area contributed by atoms with Crippen LogP contribution in [0.2, 0.25) is 0 Å². The van der Waals surface area contributed by atoms with E-state index in [2.05, 4.69) is 15.6 Å². The summed E-state index contributed by atoms with van der Waals surface area (Å²) in [6.45, 7) is 3.60. The number of pyridine rings is 1. The molecular formula is C14H22N4O2. The summed E-state index contributed by atoms with van der Waals surface area (Å²) >= 11 is 0. The topological polar surface area (TPSA) is 89.3 Å². The molecule has 1 fully saturated rings. The van der Waals surface area contributed by atoms with Crippen LogP contribution in [0.1, 0.15) is 18.5 Å². The number of hydrogen-bond acceptors (Lipinski definition) is 5. The van der Waals surface area contributed by atoms with Gasteiger partial charge in [0.15, 0.2) is 0 Å². The van der Waals surface area contributed by atoms with Crippen molar-refractivity contribution in [2.24, 2.45) is 5.73 Å². The number of aryl methyl sites for hydroxylation is 1. The van der Waals surface area contributed by atoms with Crippen molar-refractivity contribution in [3.63, 3.8) is 0 Å². The minimum Gasteiger partial charge on any atom is -0.368 e. The largest absolute Gasteiger partial charge is 0.368 e. The Balaban J connectivity index is 1.65. The van der Waals surface area contributed by atoms with E-state index in [1.54, 1.807) is 0 Å². The number of anilines is 1. The first-order chi connectivity index (χ1) is 9.69. The molecule has 110 valence electrons. The Morgan fingerprint density at radius 2 is 2.30 bits per heavy atom. The lowest BCUT2D eigenvalue weighted by Gasteiger charge is -2.13. The zero-order chi connectivity index (χ0) is 14.4. The Hall–Kier alpha value is -1.66. The summed E-state index contributed by atoms with van der Waals surface area (Å²) in [5.74, 6) is 0.763. The maximum absolute atomic E-state index is 11.9. The molecule has 1 aliphatic rings. The van der Waals surface area contributed by atoms with E-state index in [1.165, 1.54) is 0 Å². The van der Waals surface area contributed by atoms with Gasteiger partial charge in [0, 0.05) is 25.3 Å². The van der Waals surface area contributed by atoms with Gasteiger partial charge < -0.3 is 21.1 Å². The van der Waals surface area contributed by atoms with Gasteiger partial charge in [-0.15, -0.1) is 0 Å². The van der Waals surface area contributed by atoms with Gasteiger partial charge in [-0.05, 0) is 31.9 Å². The van der Waals surface area contributed by atoms with Crippen molar-refractivity contribution in [1.29, 1.82) is 0 Å². The molecule has 0 aromatic carbocycles. The Labute approximate surface area is 119 Å². The molecule has 2 heterocycles. The molecule has 0 saturated carbocycles. The van der Waals surface area contributed by atoms with Crippen molar-refractivity contribution in [1.82, 2.24) is 10.3 Å². The zero-order valence-electron chi connectivity index (χ0n) is 11.8. The maximum atomic E-state index is 11.9. The molecule has 0 unspecified atom stereocenters. The van der Waals surface area contributed by atoms with Crippen LogP contribution in [0.4, 0.5) is 5.82 Å². The number of rotatable bonds is 6. The van der Waals surface area contributed by atoms with Crippen molar-refractivity contribution in [3.8, 4) is 0 Å². The Bertz CT molecular complexity index is 453. The van der Waals surface area contributed by atoms with Gasteiger partial charge in [-0.25, -0.2) is 4.98 Å². The van der Waals surface area contributed by atoms with Crippen LogP contribution in [-0.4, -0.2) is 42.7 Å². The normalized spacial score (nSPS) is 21.7. The third-order valence-corrected chi connectivity index (χ3v) is 3.28. The summed E-state index contributed by atoms with van der Waals surface area (Å²) in [4.78, 5) is 16.2. The molecule has 0 radical (unpaired) electrons. The molecule has 1 aromatic rings. The van der Waals surface area contributed by atoms with Gasteiger partial charge >= 0.3 is 0 Å². The molecular weight excluding hydrogens is 256 g/mol. The van der Waals surface area contributed by atoms with Crippen LogP contribution in [0.3, 0.4) is 0 Å². The predicted molar refractivity (Wildman–Crippen MR) is 77.4 cm³/mol. The highest BCUT2D eigenvalue weighted by atomic mass is 16.5. The number of amides is 1. The Morgan fingerprint density at radius 3 is 3.00 bits per heavy atom. The number of carbonyl (C=O) groups is 1. The van der Waals surface area contributed by atoms with Crippen molar-refractivity contribution in [2.45, 2.75) is 32.0 Å². The summed E-state index contributed by atoms with van der Waals surface area (Å²) in [5, 5.41) is 6.02. The first kappa shape index (κ1) is 14.7. The summed E-state index contributed by atoms with van der Waals surface area (Å²) in [6, 6.07) is 5.79. The van der Waals surface area contributed by atoms with E-state index in [0.717, 1.165) is 24.4 Å². The Morgan fingerprint density at radius 1 is 1.45 bits per heavy atom. The first-order valence-electron chi connectivity index (χ1n) is 7.00. The molecule has 2 atom stereocenters. The lowest BCUT2D eigenvalue weighted by Crippen LogP contribution is -2.37. The van der Waals surface area contributed by atoms with E-state index in [-0.39, 0.29) is 18.1 Å². The minimum atomic E-state index is -0.347. The van der Waals surface area contributed by atoms with Crippen LogP contribution in [0.5, 0.6) is 0 Å². The molecule has 20 heavy (non-hydrogen) atoms. The molecule has 6 nitrogen and oxygen atoms in total. The molecule has 1 aliphatic heterocycles. The fraction of sp³-hybridized carbons (Fsp3) is 0.571. The van der Waals surface area contributed by atoms with E-state index < -0.39 is 0 Å². The number of hydrogen-bond donors (Lipinski definition) is 3. The molecule has 1 amide bonds. The van der Waals surface area contributed by atoms with Gasteiger partial charge in [0.1, 0.15) is 11.9 Å². The quantitative estimate of drug-likeness (QED) is 0.656. The van der Waals surface area contributed by atoms with Gasteiger partial charge in [-0.2, -0.15) is 0 Å². The van der Waals surface area contributed by atoms with Crippen LogP contribution in [0, 0.1) is 6.92 Å². The molecule has 6 heteroatoms. The average molecular weight is 278 g/mol. The highest BCUT2D eigenvalue weighted by molar-refractivity contribution is 5.81. The zero-order valence-corrected chi connectivity index (χ0v) is 11.8. The molecule has 0 bridgehead atoms. The molecule has 1 aromatic heterocycles. The summed E-state index contributed by atoms with van der Waals surface area (Å²) in [6.07, 6.45) is 1.29. The maximum Gasteiger partial charge on any atom is 0.249 e. The number of nitrogens with two attached hydrogens (primary N) is 1. The second kappa shape index (κ2) is 7.21. The van der Waals surface area contributed by atoms with E-state index in [1.807, 2.05) is 25.1 Å². The van der Waals surface area contributed by atoms with Crippen molar-refractivity contribution in [2.75, 3.05) is 25.0 Å². The van der Waals surface area contributed by atoms with E-state index >= 15 is 0 Å². The van der Waals surface area contributed by atoms with Gasteiger partial charge in [0.25, 0.3) is 0 Å². The number of ether oxygens (including phenoxy) is 1. The molecule has 1 saturated heterocycles. The van der Waals surface area contributed by atoms with Crippen molar-refractivity contribution >= 4 is 11.7 Å². The molecule has 4 N–H and O–H groups in total. The van der Waals surface area contributed by atoms with E-state index in [0.29, 0.717) is 19.6 Å². The Kier molecular flexibility index (Phi) is 5.31. The van der Waals surface area contributed by atoms with Crippen LogP contribution in [-0.2, 0) is 9.53 Å². The third kappa shape index (κ3) is 4.18. The monoisotopic (exact) mass is 278 g/mol. The van der Waals surface area contributed by atoms with Crippen LogP contribution < -0.4 is 16.4 Å². The minimum absolute atomic E-state index is 0.0281. The molecule has 2 rings (SSSR count). The number of aromatic nitrogens is 1. The lowest BCUT2D eigenvalue weighted by molar-refractivity contribution is -0.131. The average Bonchev–Trinajstić information content (AvgIpc) is 2.92. The lowest BCUT2D eigenvalue weighted by atomic mass is 10.2. The predicted octanol–water partition coefficient (Wildman–Crippen LogP) is 0.424. The SMILES string of the molecule is Cc1cccc(NCCNC(=O)[C@@H]2CC[C@H](CN)O2)n1. The van der Waals surface area contributed by atoms with Crippen LogP contribution in [0.15, 0.2) is 18.2 Å². The highest BCUT2D eigenvalue weighted by Gasteiger charge is 2.29. The van der Waals surface area contributed by atoms with Gasteiger partial charge in [0.05, 0.1) is 6.10 Å². The van der Waals surface area contributed by atoms with E-state index in [9.17, 15) is 4.79 Å². The van der Waals surface area contributed by atoms with Gasteiger partial charge in [-0.3, -0.25) is 4.79 Å². The fourth-order valence-electron chi connectivity index (χ4n) is 2.20. The van der Waals surface area contributed by atoms with Crippen LogP contribution >= 0.6 is 0 Å². The van der Waals surface area contributed by atoms with Crippen molar-refractivity contribution < 1.29 is 9.53 Å². The standard InChI is InChI=1S/C14H22N4O2/c1-10-3-2-4-13(18-10)16-7-8-17-14(19)12-6-5-11(9-15)20-12/h2-4,11-12H,5-9,15H2,1H3,(H,16,18)(H,17,19)/t11-,12+/m1/s1. The third-order valence-electron chi connectivity index (χ3n) is 3.28. The summed E-state index contributed by atoms with van der Waals surface area (Å²) in [5.41, 5.74) is 6.48. The van der Waals surface area contributed by atoms with E-state index in [4.69, 9.17) is 10.5 Å². The smallest absolute Gasteiger partial charge is 0.249 e. The summed E-state index contributed by atoms with van der Waals surface area (Å²) < 4.78 is 5.53.